The van der Waals surface area contributed by atoms with E-state index in [0.29, 0.717) is 33.6 Å². The van der Waals surface area contributed by atoms with Crippen LogP contribution in [-0.4, -0.2) is 11.6 Å². The predicted molar refractivity (Wildman–Crippen MR) is 129 cm³/mol. The molecular weight excluding hydrogens is 396 g/mol. The molecule has 4 heteroatoms. The zero-order valence-electron chi connectivity index (χ0n) is 17.9. The fourth-order valence-electron chi connectivity index (χ4n) is 4.17. The number of fused-ring (bicyclic) bond motifs is 2. The summed E-state index contributed by atoms with van der Waals surface area (Å²) in [7, 11) is 0. The lowest BCUT2D eigenvalue weighted by molar-refractivity contribution is 0.0980. The number of benzene rings is 4. The monoisotopic (exact) mass is 418 g/mol. The Morgan fingerprint density at radius 2 is 0.875 bits per heavy atom. The van der Waals surface area contributed by atoms with E-state index in [0.717, 1.165) is 22.5 Å². The average Bonchev–Trinajstić information content (AvgIpc) is 2.80. The van der Waals surface area contributed by atoms with Crippen LogP contribution in [0.25, 0.3) is 0 Å². The second-order valence-corrected chi connectivity index (χ2v) is 7.99. The number of hydrogen-bond acceptors (Lipinski definition) is 4. The summed E-state index contributed by atoms with van der Waals surface area (Å²) in [6.45, 7) is 4.01. The summed E-state index contributed by atoms with van der Waals surface area (Å²) in [5.41, 5.74) is 6.85. The first-order valence-corrected chi connectivity index (χ1v) is 10.6. The molecule has 0 aliphatic heterocycles. The van der Waals surface area contributed by atoms with Crippen LogP contribution in [-0.2, 0) is 0 Å². The molecule has 4 aromatic rings. The fraction of sp³-hybridized carbons (Fsp3) is 0.0714. The molecule has 156 valence electrons. The maximum Gasteiger partial charge on any atom is 0.198 e. The Kier molecular flexibility index (Phi) is 4.83. The van der Waals surface area contributed by atoms with Gasteiger partial charge < -0.3 is 10.6 Å². The maximum absolute atomic E-state index is 13.8. The first kappa shape index (κ1) is 19.8. The molecule has 32 heavy (non-hydrogen) atoms. The molecule has 0 bridgehead atoms. The minimum absolute atomic E-state index is 0.142. The molecule has 0 saturated heterocycles. The first-order valence-electron chi connectivity index (χ1n) is 10.6. The largest absolute Gasteiger partial charge is 0.355 e. The van der Waals surface area contributed by atoms with Gasteiger partial charge >= 0.3 is 0 Å². The standard InChI is InChI=1S/C28H22N2O2/c1-17-9-3-5-13-21(17)29-23-15-7-11-19-25(23)28(32)26-20(27(19)31)12-8-16-24(26)30-22-14-6-4-10-18(22)2/h3-16,29-30H,1-2H3. The van der Waals surface area contributed by atoms with Gasteiger partial charge in [0.1, 0.15) is 0 Å². The van der Waals surface area contributed by atoms with E-state index in [-0.39, 0.29) is 11.6 Å². The van der Waals surface area contributed by atoms with Crippen LogP contribution in [0.15, 0.2) is 84.9 Å². The number of ketones is 2. The zero-order valence-corrected chi connectivity index (χ0v) is 17.9. The highest BCUT2D eigenvalue weighted by Crippen LogP contribution is 2.37. The van der Waals surface area contributed by atoms with Crippen LogP contribution < -0.4 is 10.6 Å². The van der Waals surface area contributed by atoms with Crippen molar-refractivity contribution < 1.29 is 9.59 Å². The van der Waals surface area contributed by atoms with Gasteiger partial charge in [-0.3, -0.25) is 9.59 Å². The third kappa shape index (κ3) is 3.26. The summed E-state index contributed by atoms with van der Waals surface area (Å²) in [5.74, 6) is -0.306. The highest BCUT2D eigenvalue weighted by atomic mass is 16.1. The van der Waals surface area contributed by atoms with E-state index in [1.54, 1.807) is 12.1 Å². The molecule has 1 aliphatic rings. The van der Waals surface area contributed by atoms with Gasteiger partial charge in [0.05, 0.1) is 22.5 Å². The van der Waals surface area contributed by atoms with Crippen molar-refractivity contribution in [1.29, 1.82) is 0 Å². The molecule has 0 atom stereocenters. The van der Waals surface area contributed by atoms with Crippen molar-refractivity contribution in [2.75, 3.05) is 10.6 Å². The van der Waals surface area contributed by atoms with Crippen LogP contribution in [0.3, 0.4) is 0 Å². The molecule has 0 spiro atoms. The molecule has 0 heterocycles. The lowest BCUT2D eigenvalue weighted by Crippen LogP contribution is -2.23. The fourth-order valence-corrected chi connectivity index (χ4v) is 4.17. The van der Waals surface area contributed by atoms with Crippen molar-refractivity contribution >= 4 is 34.3 Å². The van der Waals surface area contributed by atoms with Gasteiger partial charge in [0.15, 0.2) is 11.6 Å². The number of nitrogens with one attached hydrogen (secondary N) is 2. The highest BCUT2D eigenvalue weighted by molar-refractivity contribution is 6.32. The van der Waals surface area contributed by atoms with Gasteiger partial charge in [-0.05, 0) is 49.2 Å². The summed E-state index contributed by atoms with van der Waals surface area (Å²) < 4.78 is 0. The van der Waals surface area contributed by atoms with Crippen LogP contribution in [0.2, 0.25) is 0 Å². The van der Waals surface area contributed by atoms with Crippen molar-refractivity contribution in [3.63, 3.8) is 0 Å². The minimum atomic E-state index is -0.164. The van der Waals surface area contributed by atoms with E-state index < -0.39 is 0 Å². The van der Waals surface area contributed by atoms with E-state index in [9.17, 15) is 9.59 Å². The van der Waals surface area contributed by atoms with Crippen LogP contribution in [0.5, 0.6) is 0 Å². The number of anilines is 4. The second-order valence-electron chi connectivity index (χ2n) is 7.99. The second kappa shape index (κ2) is 7.82. The molecule has 0 unspecified atom stereocenters. The third-order valence-corrected chi connectivity index (χ3v) is 5.90. The molecule has 0 saturated carbocycles. The Bertz CT molecular complexity index is 1290. The average molecular weight is 418 g/mol. The summed E-state index contributed by atoms with van der Waals surface area (Å²) in [6, 6.07) is 26.5. The highest BCUT2D eigenvalue weighted by Gasteiger charge is 2.33. The molecule has 0 radical (unpaired) electrons. The third-order valence-electron chi connectivity index (χ3n) is 5.90. The number of carbonyl (C=O) groups is 2. The van der Waals surface area contributed by atoms with Crippen LogP contribution >= 0.6 is 0 Å². The molecule has 0 aromatic heterocycles. The quantitative estimate of drug-likeness (QED) is 0.347. The predicted octanol–water partition coefficient (Wildman–Crippen LogP) is 6.57. The Morgan fingerprint density at radius 3 is 1.31 bits per heavy atom. The Morgan fingerprint density at radius 1 is 0.469 bits per heavy atom. The Balaban J connectivity index is 1.63. The zero-order chi connectivity index (χ0) is 22.2. The Hall–Kier alpha value is -4.18. The van der Waals surface area contributed by atoms with Gasteiger partial charge in [0.2, 0.25) is 0 Å². The maximum atomic E-state index is 13.8. The van der Waals surface area contributed by atoms with Crippen molar-refractivity contribution in [2.24, 2.45) is 0 Å². The molecular formula is C28H22N2O2. The summed E-state index contributed by atoms with van der Waals surface area (Å²) in [6.07, 6.45) is 0. The minimum Gasteiger partial charge on any atom is -0.355 e. The van der Waals surface area contributed by atoms with Gasteiger partial charge in [-0.1, -0.05) is 60.7 Å². The van der Waals surface area contributed by atoms with E-state index in [1.165, 1.54) is 0 Å². The molecule has 2 N–H and O–H groups in total. The van der Waals surface area contributed by atoms with E-state index in [1.807, 2.05) is 86.6 Å². The van der Waals surface area contributed by atoms with Gasteiger partial charge in [0.25, 0.3) is 0 Å². The number of aryl methyl sites for hydroxylation is 2. The lowest BCUT2D eigenvalue weighted by Gasteiger charge is -2.24. The molecule has 1 aliphatic carbocycles. The van der Waals surface area contributed by atoms with E-state index >= 15 is 0 Å². The van der Waals surface area contributed by atoms with Crippen LogP contribution in [0.1, 0.15) is 43.0 Å². The Labute approximate surface area is 186 Å². The van der Waals surface area contributed by atoms with Gasteiger partial charge in [-0.15, -0.1) is 0 Å². The lowest BCUT2D eigenvalue weighted by atomic mass is 9.82. The number of hydrogen-bond donors (Lipinski definition) is 2. The van der Waals surface area contributed by atoms with Crippen molar-refractivity contribution in [3.8, 4) is 0 Å². The van der Waals surface area contributed by atoms with E-state index in [4.69, 9.17) is 0 Å². The number of para-hydroxylation sites is 2. The topological polar surface area (TPSA) is 58.2 Å². The number of carbonyl (C=O) groups excluding carboxylic acids is 2. The molecule has 5 rings (SSSR count). The van der Waals surface area contributed by atoms with Crippen molar-refractivity contribution in [3.05, 3.63) is 118 Å². The van der Waals surface area contributed by atoms with Crippen molar-refractivity contribution in [1.82, 2.24) is 0 Å². The normalized spacial score (nSPS) is 12.2. The van der Waals surface area contributed by atoms with Crippen LogP contribution in [0.4, 0.5) is 22.7 Å². The molecule has 4 aromatic carbocycles. The first-order chi connectivity index (χ1) is 15.5. The van der Waals surface area contributed by atoms with Gasteiger partial charge in [0, 0.05) is 22.5 Å². The molecule has 0 amide bonds. The molecule has 0 fully saturated rings. The van der Waals surface area contributed by atoms with Crippen molar-refractivity contribution in [2.45, 2.75) is 13.8 Å². The van der Waals surface area contributed by atoms with Gasteiger partial charge in [-0.2, -0.15) is 0 Å². The van der Waals surface area contributed by atoms with E-state index in [2.05, 4.69) is 10.6 Å². The molecule has 4 nitrogen and oxygen atoms in total. The summed E-state index contributed by atoms with van der Waals surface area (Å²) in [5, 5.41) is 6.73. The van der Waals surface area contributed by atoms with Crippen LogP contribution in [0, 0.1) is 13.8 Å². The summed E-state index contributed by atoms with van der Waals surface area (Å²) in [4.78, 5) is 27.2. The summed E-state index contributed by atoms with van der Waals surface area (Å²) >= 11 is 0. The SMILES string of the molecule is Cc1ccccc1Nc1cccc2c1C(=O)c1c(Nc3ccccc3C)cccc1C2=O. The smallest absolute Gasteiger partial charge is 0.198 e. The number of rotatable bonds is 4. The van der Waals surface area contributed by atoms with Gasteiger partial charge in [-0.25, -0.2) is 0 Å².